The molecule has 1 aromatic carbocycles. The molecule has 4 atom stereocenters. The molecule has 0 saturated heterocycles. The summed E-state index contributed by atoms with van der Waals surface area (Å²) in [7, 11) is 0. The molecule has 0 nitrogen and oxygen atoms in total. The lowest BCUT2D eigenvalue weighted by Crippen LogP contribution is -2.30. The van der Waals surface area contributed by atoms with E-state index in [0.717, 1.165) is 42.2 Å². The molecule has 1 aromatic rings. The van der Waals surface area contributed by atoms with Crippen LogP contribution in [0.4, 0.5) is 8.78 Å². The van der Waals surface area contributed by atoms with Gasteiger partial charge in [-0.25, -0.2) is 8.78 Å². The van der Waals surface area contributed by atoms with E-state index in [1.54, 1.807) is 12.1 Å². The second kappa shape index (κ2) is 7.77. The summed E-state index contributed by atoms with van der Waals surface area (Å²) in [5.74, 6) is 2.08. The average molecular weight is 320 g/mol. The van der Waals surface area contributed by atoms with Crippen LogP contribution in [-0.2, 0) is 0 Å². The fourth-order valence-corrected chi connectivity index (χ4v) is 5.05. The van der Waals surface area contributed by atoms with Crippen molar-refractivity contribution < 1.29 is 8.78 Å². The van der Waals surface area contributed by atoms with Crippen molar-refractivity contribution >= 4 is 0 Å². The van der Waals surface area contributed by atoms with Gasteiger partial charge in [0.25, 0.3) is 0 Å². The van der Waals surface area contributed by atoms with Gasteiger partial charge in [0.1, 0.15) is 11.6 Å². The monoisotopic (exact) mass is 320 g/mol. The Hall–Kier alpha value is -0.920. The molecule has 23 heavy (non-hydrogen) atoms. The van der Waals surface area contributed by atoms with E-state index in [0.29, 0.717) is 5.92 Å². The summed E-state index contributed by atoms with van der Waals surface area (Å²) in [5.41, 5.74) is 0.881. The first kappa shape index (κ1) is 16.9. The number of hydrogen-bond donors (Lipinski definition) is 0. The normalized spacial score (nSPS) is 30.9. The fourth-order valence-electron chi connectivity index (χ4n) is 5.05. The lowest BCUT2D eigenvalue weighted by molar-refractivity contribution is 0.113. The van der Waals surface area contributed by atoms with Crippen molar-refractivity contribution in [3.8, 4) is 0 Å². The molecule has 0 amide bonds. The molecular weight excluding hydrogens is 290 g/mol. The Morgan fingerprint density at radius 2 is 1.57 bits per heavy atom. The minimum atomic E-state index is -0.429. The zero-order valence-electron chi connectivity index (χ0n) is 14.4. The molecule has 0 heterocycles. The average Bonchev–Trinajstić information content (AvgIpc) is 2.53. The fraction of sp³-hybridized carbons (Fsp3) is 0.714. The van der Waals surface area contributed by atoms with Gasteiger partial charge < -0.3 is 0 Å². The Morgan fingerprint density at radius 1 is 0.870 bits per heavy atom. The third-order valence-electron chi connectivity index (χ3n) is 6.29. The molecule has 0 bridgehead atoms. The number of benzene rings is 1. The molecule has 0 spiro atoms. The largest absolute Gasteiger partial charge is 0.207 e. The van der Waals surface area contributed by atoms with Crippen LogP contribution in [0.25, 0.3) is 0 Å². The Morgan fingerprint density at radius 3 is 2.30 bits per heavy atom. The third kappa shape index (κ3) is 4.33. The van der Waals surface area contributed by atoms with Crippen LogP contribution < -0.4 is 0 Å². The van der Waals surface area contributed by atoms with Crippen LogP contribution in [-0.4, -0.2) is 0 Å². The van der Waals surface area contributed by atoms with Crippen LogP contribution in [0.3, 0.4) is 0 Å². The summed E-state index contributed by atoms with van der Waals surface area (Å²) in [6, 6.07) is 4.07. The highest BCUT2D eigenvalue weighted by atomic mass is 19.1. The summed E-state index contributed by atoms with van der Waals surface area (Å²) >= 11 is 0. The number of fused-ring (bicyclic) bond motifs is 1. The van der Waals surface area contributed by atoms with Crippen LogP contribution in [0.1, 0.15) is 82.6 Å². The van der Waals surface area contributed by atoms with E-state index in [2.05, 4.69) is 6.92 Å². The highest BCUT2D eigenvalue weighted by Crippen LogP contribution is 2.48. The van der Waals surface area contributed by atoms with Gasteiger partial charge in [-0.3, -0.25) is 0 Å². The van der Waals surface area contributed by atoms with Gasteiger partial charge in [-0.15, -0.1) is 0 Å². The summed E-state index contributed by atoms with van der Waals surface area (Å²) in [6.45, 7) is 2.27. The molecule has 0 aromatic heterocycles. The first-order valence-corrected chi connectivity index (χ1v) is 9.61. The maximum atomic E-state index is 13.5. The quantitative estimate of drug-likeness (QED) is 0.521. The van der Waals surface area contributed by atoms with Crippen molar-refractivity contribution in [2.45, 2.75) is 77.0 Å². The van der Waals surface area contributed by atoms with Gasteiger partial charge in [-0.05, 0) is 73.5 Å². The van der Waals surface area contributed by atoms with Crippen LogP contribution >= 0.6 is 0 Å². The van der Waals surface area contributed by atoms with Gasteiger partial charge in [-0.1, -0.05) is 39.0 Å². The van der Waals surface area contributed by atoms with E-state index in [4.69, 9.17) is 0 Å². The molecule has 0 aliphatic heterocycles. The number of halogens is 2. The SMILES string of the molecule is CCCCCC1CCC2CC(c3cc(F)cc(F)c3)CCC2C1. The molecule has 4 unspecified atom stereocenters. The van der Waals surface area contributed by atoms with Crippen LogP contribution in [0.5, 0.6) is 0 Å². The summed E-state index contributed by atoms with van der Waals surface area (Å²) in [6.07, 6.45) is 13.1. The molecule has 2 aliphatic rings. The number of rotatable bonds is 5. The minimum Gasteiger partial charge on any atom is -0.207 e. The Bertz CT molecular complexity index is 490. The van der Waals surface area contributed by atoms with E-state index < -0.39 is 11.6 Å². The van der Waals surface area contributed by atoms with Crippen LogP contribution in [0, 0.1) is 29.4 Å². The van der Waals surface area contributed by atoms with E-state index in [1.165, 1.54) is 51.4 Å². The Kier molecular flexibility index (Phi) is 5.71. The van der Waals surface area contributed by atoms with Crippen molar-refractivity contribution in [1.29, 1.82) is 0 Å². The maximum absolute atomic E-state index is 13.5. The van der Waals surface area contributed by atoms with Crippen molar-refractivity contribution in [3.63, 3.8) is 0 Å². The number of hydrogen-bond acceptors (Lipinski definition) is 0. The van der Waals surface area contributed by atoms with Crippen molar-refractivity contribution in [2.24, 2.45) is 17.8 Å². The zero-order chi connectivity index (χ0) is 16.2. The second-order valence-electron chi connectivity index (χ2n) is 7.91. The van der Waals surface area contributed by atoms with Gasteiger partial charge >= 0.3 is 0 Å². The minimum absolute atomic E-state index is 0.359. The van der Waals surface area contributed by atoms with Crippen LogP contribution in [0.15, 0.2) is 18.2 Å². The maximum Gasteiger partial charge on any atom is 0.126 e. The van der Waals surface area contributed by atoms with Crippen molar-refractivity contribution in [2.75, 3.05) is 0 Å². The first-order chi connectivity index (χ1) is 11.2. The molecule has 128 valence electrons. The lowest BCUT2D eigenvalue weighted by Gasteiger charge is -2.42. The molecule has 3 rings (SSSR count). The van der Waals surface area contributed by atoms with Crippen molar-refractivity contribution in [3.05, 3.63) is 35.4 Å². The van der Waals surface area contributed by atoms with Gasteiger partial charge in [0, 0.05) is 6.07 Å². The number of unbranched alkanes of at least 4 members (excludes halogenated alkanes) is 2. The molecule has 0 radical (unpaired) electrons. The molecule has 2 aliphatic carbocycles. The lowest BCUT2D eigenvalue weighted by atomic mass is 9.63. The van der Waals surface area contributed by atoms with Gasteiger partial charge in [-0.2, -0.15) is 0 Å². The first-order valence-electron chi connectivity index (χ1n) is 9.61. The Labute approximate surface area is 139 Å². The van der Waals surface area contributed by atoms with E-state index >= 15 is 0 Å². The van der Waals surface area contributed by atoms with Gasteiger partial charge in [0.2, 0.25) is 0 Å². The van der Waals surface area contributed by atoms with Gasteiger partial charge in [0.05, 0.1) is 0 Å². The van der Waals surface area contributed by atoms with E-state index in [9.17, 15) is 8.78 Å². The Balaban J connectivity index is 1.56. The van der Waals surface area contributed by atoms with E-state index in [-0.39, 0.29) is 0 Å². The molecule has 0 N–H and O–H groups in total. The molecule has 2 fully saturated rings. The highest BCUT2D eigenvalue weighted by molar-refractivity contribution is 5.22. The predicted molar refractivity (Wildman–Crippen MR) is 91.4 cm³/mol. The molecule has 2 heteroatoms. The smallest absolute Gasteiger partial charge is 0.126 e. The second-order valence-corrected chi connectivity index (χ2v) is 7.91. The highest BCUT2D eigenvalue weighted by Gasteiger charge is 2.35. The zero-order valence-corrected chi connectivity index (χ0v) is 14.4. The van der Waals surface area contributed by atoms with Gasteiger partial charge in [0.15, 0.2) is 0 Å². The third-order valence-corrected chi connectivity index (χ3v) is 6.29. The van der Waals surface area contributed by atoms with Crippen LogP contribution in [0.2, 0.25) is 0 Å². The molecular formula is C21H30F2. The topological polar surface area (TPSA) is 0 Å². The predicted octanol–water partition coefficient (Wildman–Crippen LogP) is 6.85. The summed E-state index contributed by atoms with van der Waals surface area (Å²) in [4.78, 5) is 0. The summed E-state index contributed by atoms with van der Waals surface area (Å²) in [5, 5.41) is 0. The van der Waals surface area contributed by atoms with Crippen molar-refractivity contribution in [1.82, 2.24) is 0 Å². The summed E-state index contributed by atoms with van der Waals surface area (Å²) < 4.78 is 26.9. The molecule has 2 saturated carbocycles. The standard InChI is InChI=1S/C21H30F2/c1-2-3-4-5-15-6-7-17-11-18(9-8-16(17)10-15)19-12-20(22)14-21(23)13-19/h12-18H,2-11H2,1H3. The van der Waals surface area contributed by atoms with E-state index in [1.807, 2.05) is 0 Å².